The van der Waals surface area contributed by atoms with E-state index in [1.54, 1.807) is 4.68 Å². The molecule has 0 aliphatic carbocycles. The summed E-state index contributed by atoms with van der Waals surface area (Å²) in [7, 11) is 0. The standard InChI is InChI=1S/C20H36N4O6/c1-3-19-17-24(23-22-19)8-12-30-16-14-28-10-6-20(26)5-4-9-27-13-15-29-11-7-21-18(2)25/h17H,3-16H2,1-2H3,(H,21,25). The molecule has 1 aromatic heterocycles. The van der Waals surface area contributed by atoms with Crippen LogP contribution in [-0.4, -0.2) is 86.1 Å². The fourth-order valence-corrected chi connectivity index (χ4v) is 2.39. The molecule has 30 heavy (non-hydrogen) atoms. The van der Waals surface area contributed by atoms with E-state index in [-0.39, 0.29) is 11.7 Å². The van der Waals surface area contributed by atoms with Crippen LogP contribution in [0.25, 0.3) is 0 Å². The second-order valence-electron chi connectivity index (χ2n) is 6.65. The van der Waals surface area contributed by atoms with Gasteiger partial charge in [-0.1, -0.05) is 12.1 Å². The molecule has 0 fully saturated rings. The Bertz CT molecular complexity index is 581. The molecule has 0 atom stereocenters. The van der Waals surface area contributed by atoms with Crippen LogP contribution in [0.15, 0.2) is 6.20 Å². The van der Waals surface area contributed by atoms with Crippen LogP contribution >= 0.6 is 0 Å². The average Bonchev–Trinajstić information content (AvgIpc) is 3.19. The van der Waals surface area contributed by atoms with Gasteiger partial charge in [0.15, 0.2) is 0 Å². The molecule has 0 bridgehead atoms. The van der Waals surface area contributed by atoms with Crippen molar-refractivity contribution in [1.82, 2.24) is 20.3 Å². The Labute approximate surface area is 178 Å². The SMILES string of the molecule is CCc1cn(CCOCCOCCC(=O)CCCOCCOCCNC(C)=O)nn1. The van der Waals surface area contributed by atoms with Crippen molar-refractivity contribution in [2.24, 2.45) is 0 Å². The van der Waals surface area contributed by atoms with Gasteiger partial charge in [-0.25, -0.2) is 4.68 Å². The highest BCUT2D eigenvalue weighted by Gasteiger charge is 2.03. The lowest BCUT2D eigenvalue weighted by Gasteiger charge is -2.07. The maximum Gasteiger partial charge on any atom is 0.216 e. The van der Waals surface area contributed by atoms with Crippen LogP contribution in [0.1, 0.15) is 38.8 Å². The molecular weight excluding hydrogens is 392 g/mol. The number of amides is 1. The van der Waals surface area contributed by atoms with Gasteiger partial charge in [-0.2, -0.15) is 0 Å². The number of carbonyl (C=O) groups excluding carboxylic acids is 2. The highest BCUT2D eigenvalue weighted by Crippen LogP contribution is 1.97. The zero-order valence-corrected chi connectivity index (χ0v) is 18.3. The second-order valence-corrected chi connectivity index (χ2v) is 6.65. The number of carbonyl (C=O) groups is 2. The smallest absolute Gasteiger partial charge is 0.216 e. The summed E-state index contributed by atoms with van der Waals surface area (Å²) in [6, 6.07) is 0. The minimum atomic E-state index is -0.0666. The quantitative estimate of drug-likeness (QED) is 0.303. The summed E-state index contributed by atoms with van der Waals surface area (Å²) in [5.41, 5.74) is 0.971. The van der Waals surface area contributed by atoms with Crippen molar-refractivity contribution in [3.05, 3.63) is 11.9 Å². The molecule has 0 spiro atoms. The lowest BCUT2D eigenvalue weighted by Crippen LogP contribution is -2.24. The molecule has 1 aromatic rings. The third kappa shape index (κ3) is 15.0. The van der Waals surface area contributed by atoms with Gasteiger partial charge in [0, 0.05) is 39.1 Å². The molecule has 10 heteroatoms. The first-order valence-corrected chi connectivity index (χ1v) is 10.6. The van der Waals surface area contributed by atoms with E-state index in [0.717, 1.165) is 12.1 Å². The van der Waals surface area contributed by atoms with E-state index in [1.165, 1.54) is 6.92 Å². The normalized spacial score (nSPS) is 11.0. The van der Waals surface area contributed by atoms with Gasteiger partial charge in [0.25, 0.3) is 0 Å². The minimum absolute atomic E-state index is 0.0666. The Morgan fingerprint density at radius 2 is 1.60 bits per heavy atom. The van der Waals surface area contributed by atoms with Gasteiger partial charge in [0.2, 0.25) is 5.91 Å². The van der Waals surface area contributed by atoms with Crippen LogP contribution in [0.3, 0.4) is 0 Å². The number of Topliss-reactive ketones (excluding diaryl/α,β-unsaturated/α-hetero) is 1. The number of aromatic nitrogens is 3. The Balaban J connectivity index is 1.79. The van der Waals surface area contributed by atoms with Crippen LogP contribution in [0.2, 0.25) is 0 Å². The molecule has 10 nitrogen and oxygen atoms in total. The first kappa shape index (κ1) is 26.2. The van der Waals surface area contributed by atoms with Crippen LogP contribution in [-0.2, 0) is 41.5 Å². The molecule has 0 saturated carbocycles. The van der Waals surface area contributed by atoms with Gasteiger partial charge in [0.1, 0.15) is 5.78 Å². The Morgan fingerprint density at radius 3 is 2.27 bits per heavy atom. The van der Waals surface area contributed by atoms with Crippen molar-refractivity contribution >= 4 is 11.7 Å². The Morgan fingerprint density at radius 1 is 0.933 bits per heavy atom. The summed E-state index contributed by atoms with van der Waals surface area (Å²) in [5.74, 6) is 0.104. The highest BCUT2D eigenvalue weighted by atomic mass is 16.5. The molecule has 1 heterocycles. The zero-order valence-electron chi connectivity index (χ0n) is 18.3. The molecular formula is C20H36N4O6. The fraction of sp³-hybridized carbons (Fsp3) is 0.800. The van der Waals surface area contributed by atoms with E-state index >= 15 is 0 Å². The van der Waals surface area contributed by atoms with Gasteiger partial charge in [-0.3, -0.25) is 9.59 Å². The molecule has 1 amide bonds. The first-order valence-electron chi connectivity index (χ1n) is 10.6. The molecule has 0 radical (unpaired) electrons. The van der Waals surface area contributed by atoms with Crippen LogP contribution in [0, 0.1) is 0 Å². The molecule has 0 aromatic carbocycles. The lowest BCUT2D eigenvalue weighted by atomic mass is 10.2. The van der Waals surface area contributed by atoms with E-state index < -0.39 is 0 Å². The molecule has 1 N–H and O–H groups in total. The van der Waals surface area contributed by atoms with Crippen molar-refractivity contribution in [2.75, 3.05) is 59.4 Å². The van der Waals surface area contributed by atoms with Crippen molar-refractivity contribution in [3.63, 3.8) is 0 Å². The predicted molar refractivity (Wildman–Crippen MR) is 110 cm³/mol. The van der Waals surface area contributed by atoms with E-state index in [1.807, 2.05) is 13.1 Å². The lowest BCUT2D eigenvalue weighted by molar-refractivity contribution is -0.121. The monoisotopic (exact) mass is 428 g/mol. The van der Waals surface area contributed by atoms with Gasteiger partial charge in [-0.05, 0) is 12.8 Å². The summed E-state index contributed by atoms with van der Waals surface area (Å²) in [4.78, 5) is 22.4. The van der Waals surface area contributed by atoms with E-state index in [0.29, 0.717) is 85.2 Å². The van der Waals surface area contributed by atoms with Crippen molar-refractivity contribution < 1.29 is 28.5 Å². The number of ether oxygens (including phenoxy) is 4. The molecule has 0 unspecified atom stereocenters. The maximum atomic E-state index is 11.8. The number of hydrogen-bond acceptors (Lipinski definition) is 8. The second kappa shape index (κ2) is 17.9. The van der Waals surface area contributed by atoms with Gasteiger partial charge in [-0.15, -0.1) is 5.10 Å². The maximum absolute atomic E-state index is 11.8. The van der Waals surface area contributed by atoms with Crippen molar-refractivity contribution in [1.29, 1.82) is 0 Å². The van der Waals surface area contributed by atoms with Gasteiger partial charge < -0.3 is 24.3 Å². The summed E-state index contributed by atoms with van der Waals surface area (Å²) in [5, 5.41) is 10.7. The van der Waals surface area contributed by atoms with Crippen LogP contribution in [0.5, 0.6) is 0 Å². The summed E-state index contributed by atoms with van der Waals surface area (Å²) in [6.45, 7) is 8.54. The molecule has 0 saturated heterocycles. The first-order chi connectivity index (χ1) is 14.6. The van der Waals surface area contributed by atoms with E-state index in [9.17, 15) is 9.59 Å². The Hall–Kier alpha value is -1.88. The number of nitrogens with zero attached hydrogens (tertiary/aromatic N) is 3. The fourth-order valence-electron chi connectivity index (χ4n) is 2.39. The number of hydrogen-bond donors (Lipinski definition) is 1. The number of nitrogens with one attached hydrogen (secondary N) is 1. The predicted octanol–water partition coefficient (Wildman–Crippen LogP) is 0.782. The van der Waals surface area contributed by atoms with Crippen molar-refractivity contribution in [2.45, 2.75) is 46.1 Å². The molecule has 0 aliphatic heterocycles. The largest absolute Gasteiger partial charge is 0.379 e. The number of rotatable bonds is 20. The number of aryl methyl sites for hydroxylation is 1. The molecule has 1 rings (SSSR count). The average molecular weight is 429 g/mol. The zero-order chi connectivity index (χ0) is 21.9. The Kier molecular flexibility index (Phi) is 15.6. The third-order valence-electron chi connectivity index (χ3n) is 4.05. The summed E-state index contributed by atoms with van der Waals surface area (Å²) >= 11 is 0. The topological polar surface area (TPSA) is 114 Å². The van der Waals surface area contributed by atoms with E-state index in [4.69, 9.17) is 18.9 Å². The van der Waals surface area contributed by atoms with Gasteiger partial charge in [0.05, 0.1) is 58.5 Å². The minimum Gasteiger partial charge on any atom is -0.379 e. The van der Waals surface area contributed by atoms with Gasteiger partial charge >= 0.3 is 0 Å². The third-order valence-corrected chi connectivity index (χ3v) is 4.05. The molecule has 0 aliphatic rings. The molecule has 172 valence electrons. The van der Waals surface area contributed by atoms with Crippen LogP contribution in [0.4, 0.5) is 0 Å². The van der Waals surface area contributed by atoms with E-state index in [2.05, 4.69) is 15.6 Å². The van der Waals surface area contributed by atoms with Crippen molar-refractivity contribution in [3.8, 4) is 0 Å². The highest BCUT2D eigenvalue weighted by molar-refractivity contribution is 5.78. The summed E-state index contributed by atoms with van der Waals surface area (Å²) < 4.78 is 23.4. The van der Waals surface area contributed by atoms with Crippen LogP contribution < -0.4 is 5.32 Å². The summed E-state index contributed by atoms with van der Waals surface area (Å²) in [6.07, 6.45) is 4.38. The number of ketones is 1.